The summed E-state index contributed by atoms with van der Waals surface area (Å²) in [6.45, 7) is 9.98. The van der Waals surface area contributed by atoms with E-state index in [-0.39, 0.29) is 23.3 Å². The van der Waals surface area contributed by atoms with Gasteiger partial charge in [0.15, 0.2) is 0 Å². The quantitative estimate of drug-likeness (QED) is 0.895. The van der Waals surface area contributed by atoms with Crippen LogP contribution in [0.4, 0.5) is 11.5 Å². The van der Waals surface area contributed by atoms with Gasteiger partial charge in [0.1, 0.15) is 5.82 Å². The molecule has 0 spiro atoms. The number of rotatable bonds is 3. The van der Waals surface area contributed by atoms with Crippen molar-refractivity contribution in [2.24, 2.45) is 0 Å². The summed E-state index contributed by atoms with van der Waals surface area (Å²) in [6.07, 6.45) is 0.407. The second-order valence-electron chi connectivity index (χ2n) is 7.53. The third kappa shape index (κ3) is 3.29. The molecule has 0 atom stereocenters. The standard InChI is InChI=1S/C19H24N4O2/c1-11(2)23-16(8-12(3)22-23)21-18(25)13-6-7-15-14(9-13)19(4,5)10-17(24)20-15/h6-9,11H,10H2,1-5H3,(H,20,24)(H,21,25). The third-order valence-electron chi connectivity index (χ3n) is 4.48. The molecule has 0 radical (unpaired) electrons. The lowest BCUT2D eigenvalue weighted by atomic mass is 9.77. The van der Waals surface area contributed by atoms with E-state index in [0.29, 0.717) is 17.8 Å². The smallest absolute Gasteiger partial charge is 0.256 e. The number of fused-ring (bicyclic) bond motifs is 1. The second-order valence-corrected chi connectivity index (χ2v) is 7.53. The van der Waals surface area contributed by atoms with Crippen LogP contribution in [0.5, 0.6) is 0 Å². The van der Waals surface area contributed by atoms with Crippen molar-refractivity contribution < 1.29 is 9.59 Å². The normalized spacial score (nSPS) is 15.7. The highest BCUT2D eigenvalue weighted by molar-refractivity contribution is 6.05. The van der Waals surface area contributed by atoms with Crippen LogP contribution in [0, 0.1) is 6.92 Å². The number of carbonyl (C=O) groups is 2. The minimum absolute atomic E-state index is 0.00557. The Morgan fingerprint density at radius 1 is 1.32 bits per heavy atom. The minimum Gasteiger partial charge on any atom is -0.326 e. The molecule has 6 nitrogen and oxygen atoms in total. The SMILES string of the molecule is Cc1cc(NC(=O)c2ccc3c(c2)C(C)(C)CC(=O)N3)n(C(C)C)n1. The molecule has 0 unspecified atom stereocenters. The molecule has 0 aliphatic carbocycles. The van der Waals surface area contributed by atoms with Crippen molar-refractivity contribution in [1.82, 2.24) is 9.78 Å². The van der Waals surface area contributed by atoms with Gasteiger partial charge in [0.2, 0.25) is 5.91 Å². The van der Waals surface area contributed by atoms with Crippen LogP contribution in [0.1, 0.15) is 61.8 Å². The van der Waals surface area contributed by atoms with Crippen molar-refractivity contribution in [3.05, 3.63) is 41.1 Å². The molecular formula is C19H24N4O2. The van der Waals surface area contributed by atoms with Crippen molar-refractivity contribution >= 4 is 23.3 Å². The highest BCUT2D eigenvalue weighted by atomic mass is 16.2. The second kappa shape index (κ2) is 6.02. The molecule has 2 N–H and O–H groups in total. The van der Waals surface area contributed by atoms with Crippen LogP contribution in [0.25, 0.3) is 0 Å². The van der Waals surface area contributed by atoms with E-state index in [9.17, 15) is 9.59 Å². The lowest BCUT2D eigenvalue weighted by molar-refractivity contribution is -0.117. The van der Waals surface area contributed by atoms with Gasteiger partial charge in [-0.1, -0.05) is 13.8 Å². The molecule has 132 valence electrons. The molecule has 0 fully saturated rings. The fraction of sp³-hybridized carbons (Fsp3) is 0.421. The fourth-order valence-electron chi connectivity index (χ4n) is 3.24. The summed E-state index contributed by atoms with van der Waals surface area (Å²) in [7, 11) is 0. The van der Waals surface area contributed by atoms with E-state index >= 15 is 0 Å². The molecule has 0 bridgehead atoms. The van der Waals surface area contributed by atoms with E-state index in [4.69, 9.17) is 0 Å². The molecular weight excluding hydrogens is 316 g/mol. The van der Waals surface area contributed by atoms with Gasteiger partial charge >= 0.3 is 0 Å². The van der Waals surface area contributed by atoms with Gasteiger partial charge in [0, 0.05) is 35.2 Å². The molecule has 3 rings (SSSR count). The van der Waals surface area contributed by atoms with E-state index in [1.807, 2.05) is 46.8 Å². The Morgan fingerprint density at radius 3 is 2.72 bits per heavy atom. The van der Waals surface area contributed by atoms with Gasteiger partial charge in [-0.15, -0.1) is 0 Å². The first-order valence-corrected chi connectivity index (χ1v) is 8.49. The Morgan fingerprint density at radius 2 is 2.04 bits per heavy atom. The Labute approximate surface area is 147 Å². The average molecular weight is 340 g/mol. The Balaban J connectivity index is 1.91. The van der Waals surface area contributed by atoms with Crippen LogP contribution in [0.15, 0.2) is 24.3 Å². The van der Waals surface area contributed by atoms with Gasteiger partial charge in [-0.25, -0.2) is 4.68 Å². The fourth-order valence-corrected chi connectivity index (χ4v) is 3.24. The van der Waals surface area contributed by atoms with Gasteiger partial charge < -0.3 is 10.6 Å². The molecule has 0 saturated heterocycles. The van der Waals surface area contributed by atoms with Crippen molar-refractivity contribution in [3.63, 3.8) is 0 Å². The summed E-state index contributed by atoms with van der Waals surface area (Å²) in [6, 6.07) is 7.42. The summed E-state index contributed by atoms with van der Waals surface area (Å²) in [5.41, 5.74) is 2.88. The first-order valence-electron chi connectivity index (χ1n) is 8.49. The molecule has 2 aromatic rings. The van der Waals surface area contributed by atoms with Crippen LogP contribution in [0.2, 0.25) is 0 Å². The maximum Gasteiger partial charge on any atom is 0.256 e. The number of hydrogen-bond donors (Lipinski definition) is 2. The summed E-state index contributed by atoms with van der Waals surface area (Å²) < 4.78 is 1.80. The third-order valence-corrected chi connectivity index (χ3v) is 4.48. The summed E-state index contributed by atoms with van der Waals surface area (Å²) >= 11 is 0. The van der Waals surface area contributed by atoms with Gasteiger partial charge in [-0.05, 0) is 44.5 Å². The molecule has 0 saturated carbocycles. The summed E-state index contributed by atoms with van der Waals surface area (Å²) in [4.78, 5) is 24.5. The van der Waals surface area contributed by atoms with Crippen molar-refractivity contribution in [2.45, 2.75) is 52.5 Å². The van der Waals surface area contributed by atoms with E-state index in [1.54, 1.807) is 16.8 Å². The average Bonchev–Trinajstić information content (AvgIpc) is 2.86. The van der Waals surface area contributed by atoms with E-state index in [2.05, 4.69) is 15.7 Å². The molecule has 2 heterocycles. The van der Waals surface area contributed by atoms with Crippen LogP contribution >= 0.6 is 0 Å². The Bertz CT molecular complexity index is 849. The van der Waals surface area contributed by atoms with Crippen molar-refractivity contribution in [3.8, 4) is 0 Å². The predicted molar refractivity (Wildman–Crippen MR) is 98.0 cm³/mol. The highest BCUT2D eigenvalue weighted by Gasteiger charge is 2.32. The zero-order valence-electron chi connectivity index (χ0n) is 15.3. The highest BCUT2D eigenvalue weighted by Crippen LogP contribution is 2.37. The van der Waals surface area contributed by atoms with Crippen LogP contribution in [0.3, 0.4) is 0 Å². The zero-order valence-corrected chi connectivity index (χ0v) is 15.3. The van der Waals surface area contributed by atoms with Gasteiger partial charge in [-0.3, -0.25) is 9.59 Å². The zero-order chi connectivity index (χ0) is 18.4. The number of amides is 2. The Kier molecular flexibility index (Phi) is 4.14. The van der Waals surface area contributed by atoms with Crippen LogP contribution < -0.4 is 10.6 Å². The Hall–Kier alpha value is -2.63. The predicted octanol–water partition coefficient (Wildman–Crippen LogP) is 3.64. The number of benzene rings is 1. The molecule has 2 amide bonds. The molecule has 25 heavy (non-hydrogen) atoms. The van der Waals surface area contributed by atoms with Gasteiger partial charge in [0.25, 0.3) is 5.91 Å². The number of aryl methyl sites for hydroxylation is 1. The van der Waals surface area contributed by atoms with Crippen molar-refractivity contribution in [1.29, 1.82) is 0 Å². The number of nitrogens with zero attached hydrogens (tertiary/aromatic N) is 2. The molecule has 1 aromatic carbocycles. The lowest BCUT2D eigenvalue weighted by Crippen LogP contribution is -2.32. The minimum atomic E-state index is -0.301. The van der Waals surface area contributed by atoms with Crippen LogP contribution in [-0.2, 0) is 10.2 Å². The van der Waals surface area contributed by atoms with E-state index in [0.717, 1.165) is 16.9 Å². The molecule has 1 aliphatic rings. The van der Waals surface area contributed by atoms with E-state index < -0.39 is 0 Å². The molecule has 1 aromatic heterocycles. The molecule has 6 heteroatoms. The largest absolute Gasteiger partial charge is 0.326 e. The maximum absolute atomic E-state index is 12.7. The topological polar surface area (TPSA) is 76.0 Å². The number of nitrogens with one attached hydrogen (secondary N) is 2. The number of hydrogen-bond acceptors (Lipinski definition) is 3. The monoisotopic (exact) mass is 340 g/mol. The van der Waals surface area contributed by atoms with Crippen LogP contribution in [-0.4, -0.2) is 21.6 Å². The first-order chi connectivity index (χ1) is 11.7. The van der Waals surface area contributed by atoms with Gasteiger partial charge in [0.05, 0.1) is 5.69 Å². The number of aromatic nitrogens is 2. The molecule has 1 aliphatic heterocycles. The van der Waals surface area contributed by atoms with Gasteiger partial charge in [-0.2, -0.15) is 5.10 Å². The summed E-state index contributed by atoms with van der Waals surface area (Å²) in [5.74, 6) is 0.506. The van der Waals surface area contributed by atoms with Crippen molar-refractivity contribution in [2.75, 3.05) is 10.6 Å². The number of carbonyl (C=O) groups excluding carboxylic acids is 2. The first kappa shape index (κ1) is 17.2. The maximum atomic E-state index is 12.7. The summed E-state index contributed by atoms with van der Waals surface area (Å²) in [5, 5.41) is 10.2. The van der Waals surface area contributed by atoms with E-state index in [1.165, 1.54) is 0 Å². The number of anilines is 2. The lowest BCUT2D eigenvalue weighted by Gasteiger charge is -2.32.